The van der Waals surface area contributed by atoms with Crippen LogP contribution in [0.3, 0.4) is 0 Å². The molecule has 2 heterocycles. The first-order chi connectivity index (χ1) is 7.72. The van der Waals surface area contributed by atoms with Crippen molar-refractivity contribution in [2.24, 2.45) is 5.84 Å². The van der Waals surface area contributed by atoms with E-state index in [-0.39, 0.29) is 0 Å². The van der Waals surface area contributed by atoms with Crippen LogP contribution in [0.4, 0.5) is 11.6 Å². The monoisotopic (exact) mass is 239 g/mol. The molecular formula is C10H17N5S. The van der Waals surface area contributed by atoms with Crippen LogP contribution in [0, 0.1) is 6.92 Å². The second-order valence-electron chi connectivity index (χ2n) is 3.94. The number of thioether (sulfide) groups is 1. The van der Waals surface area contributed by atoms with E-state index >= 15 is 0 Å². The van der Waals surface area contributed by atoms with E-state index in [2.05, 4.69) is 27.2 Å². The fraction of sp³-hybridized carbons (Fsp3) is 0.600. The molecule has 1 aromatic heterocycles. The molecule has 2 rings (SSSR count). The molecule has 1 aliphatic rings. The molecule has 0 amide bonds. The van der Waals surface area contributed by atoms with E-state index in [9.17, 15) is 0 Å². The molecule has 0 radical (unpaired) electrons. The van der Waals surface area contributed by atoms with Gasteiger partial charge in [0.05, 0.1) is 0 Å². The summed E-state index contributed by atoms with van der Waals surface area (Å²) in [7, 11) is 0. The van der Waals surface area contributed by atoms with Crippen molar-refractivity contribution in [1.82, 2.24) is 9.97 Å². The number of aromatic nitrogens is 2. The van der Waals surface area contributed by atoms with Crippen LogP contribution >= 0.6 is 11.8 Å². The summed E-state index contributed by atoms with van der Waals surface area (Å²) in [6, 6.07) is 0. The Hall–Kier alpha value is -1.01. The van der Waals surface area contributed by atoms with Gasteiger partial charge in [0.25, 0.3) is 0 Å². The van der Waals surface area contributed by atoms with E-state index in [1.165, 1.54) is 0 Å². The molecule has 0 saturated carbocycles. The van der Waals surface area contributed by atoms with E-state index in [1.807, 2.05) is 18.7 Å². The third kappa shape index (κ3) is 2.22. The van der Waals surface area contributed by atoms with Crippen molar-refractivity contribution in [2.75, 3.05) is 29.2 Å². The summed E-state index contributed by atoms with van der Waals surface area (Å²) in [5.74, 6) is 8.26. The Labute approximate surface area is 99.8 Å². The fourth-order valence-corrected chi connectivity index (χ4v) is 2.93. The first-order valence-electron chi connectivity index (χ1n) is 5.37. The molecule has 0 aromatic carbocycles. The van der Waals surface area contributed by atoms with Crippen molar-refractivity contribution >= 4 is 23.4 Å². The molecule has 88 valence electrons. The Morgan fingerprint density at radius 2 is 2.38 bits per heavy atom. The maximum atomic E-state index is 5.41. The lowest BCUT2D eigenvalue weighted by molar-refractivity contribution is 0.764. The van der Waals surface area contributed by atoms with Gasteiger partial charge in [0, 0.05) is 29.7 Å². The molecule has 5 nitrogen and oxygen atoms in total. The number of hydrogen-bond donors (Lipinski definition) is 2. The molecule has 0 bridgehead atoms. The lowest BCUT2D eigenvalue weighted by Gasteiger charge is -2.32. The van der Waals surface area contributed by atoms with Crippen molar-refractivity contribution in [3.8, 4) is 0 Å². The molecule has 0 spiro atoms. The van der Waals surface area contributed by atoms with Crippen LogP contribution < -0.4 is 16.2 Å². The first kappa shape index (κ1) is 11.5. The van der Waals surface area contributed by atoms with Gasteiger partial charge in [-0.25, -0.2) is 15.8 Å². The maximum Gasteiger partial charge on any atom is 0.148 e. The van der Waals surface area contributed by atoms with Crippen LogP contribution in [0.25, 0.3) is 0 Å². The number of anilines is 2. The van der Waals surface area contributed by atoms with Gasteiger partial charge in [-0.15, -0.1) is 0 Å². The number of nitrogens with zero attached hydrogens (tertiary/aromatic N) is 3. The lowest BCUT2D eigenvalue weighted by Crippen LogP contribution is -2.37. The first-order valence-corrected chi connectivity index (χ1v) is 6.42. The van der Waals surface area contributed by atoms with Crippen molar-refractivity contribution in [1.29, 1.82) is 0 Å². The zero-order chi connectivity index (χ0) is 11.5. The van der Waals surface area contributed by atoms with Gasteiger partial charge in [-0.2, -0.15) is 11.8 Å². The quantitative estimate of drug-likeness (QED) is 0.593. The van der Waals surface area contributed by atoms with E-state index in [1.54, 1.807) is 6.33 Å². The highest BCUT2D eigenvalue weighted by atomic mass is 32.2. The minimum atomic E-state index is 0.650. The highest BCUT2D eigenvalue weighted by Crippen LogP contribution is 2.26. The van der Waals surface area contributed by atoms with Gasteiger partial charge in [-0.1, -0.05) is 6.92 Å². The predicted molar refractivity (Wildman–Crippen MR) is 68.7 cm³/mol. The Morgan fingerprint density at radius 3 is 3.06 bits per heavy atom. The number of nitrogen functional groups attached to an aromatic ring is 1. The minimum Gasteiger partial charge on any atom is -0.354 e. The van der Waals surface area contributed by atoms with Crippen LogP contribution in [-0.2, 0) is 0 Å². The Bertz CT molecular complexity index is 370. The van der Waals surface area contributed by atoms with Crippen LogP contribution in [0.1, 0.15) is 12.5 Å². The summed E-state index contributed by atoms with van der Waals surface area (Å²) in [5, 5.41) is 0.650. The Kier molecular flexibility index (Phi) is 3.50. The Morgan fingerprint density at radius 1 is 1.56 bits per heavy atom. The van der Waals surface area contributed by atoms with Crippen molar-refractivity contribution in [2.45, 2.75) is 19.1 Å². The predicted octanol–water partition coefficient (Wildman–Crippen LogP) is 1.01. The summed E-state index contributed by atoms with van der Waals surface area (Å²) >= 11 is 2.01. The SMILES string of the molecule is Cc1c(NN)ncnc1N1CCSC(C)C1. The van der Waals surface area contributed by atoms with Crippen LogP contribution in [0.15, 0.2) is 6.33 Å². The summed E-state index contributed by atoms with van der Waals surface area (Å²) in [5.41, 5.74) is 3.62. The van der Waals surface area contributed by atoms with Crippen LogP contribution in [-0.4, -0.2) is 34.1 Å². The number of rotatable bonds is 2. The van der Waals surface area contributed by atoms with Crippen molar-refractivity contribution in [3.63, 3.8) is 0 Å². The molecule has 6 heteroatoms. The molecule has 1 aromatic rings. The molecule has 1 atom stereocenters. The lowest BCUT2D eigenvalue weighted by atomic mass is 10.2. The fourth-order valence-electron chi connectivity index (χ4n) is 1.92. The highest BCUT2D eigenvalue weighted by Gasteiger charge is 2.20. The molecule has 1 saturated heterocycles. The molecule has 1 unspecified atom stereocenters. The minimum absolute atomic E-state index is 0.650. The standard InChI is InChI=1S/C10H17N5S/c1-7-5-15(3-4-16-7)10-8(2)9(14-11)12-6-13-10/h6-7H,3-5,11H2,1-2H3,(H,12,13,14). The van der Waals surface area contributed by atoms with Crippen LogP contribution in [0.5, 0.6) is 0 Å². The van der Waals surface area contributed by atoms with E-state index in [4.69, 9.17) is 5.84 Å². The summed E-state index contributed by atoms with van der Waals surface area (Å²) < 4.78 is 0. The molecular weight excluding hydrogens is 222 g/mol. The molecule has 1 fully saturated rings. The third-order valence-corrected chi connectivity index (χ3v) is 3.87. The summed E-state index contributed by atoms with van der Waals surface area (Å²) in [4.78, 5) is 10.8. The summed E-state index contributed by atoms with van der Waals surface area (Å²) in [6.45, 7) is 6.32. The number of nitrogens with two attached hydrogens (primary N) is 1. The van der Waals surface area contributed by atoms with Crippen molar-refractivity contribution in [3.05, 3.63) is 11.9 Å². The van der Waals surface area contributed by atoms with Gasteiger partial charge in [0.15, 0.2) is 0 Å². The molecule has 16 heavy (non-hydrogen) atoms. The average molecular weight is 239 g/mol. The topological polar surface area (TPSA) is 67.1 Å². The van der Waals surface area contributed by atoms with Gasteiger partial charge < -0.3 is 10.3 Å². The number of hydrogen-bond acceptors (Lipinski definition) is 6. The zero-order valence-corrected chi connectivity index (χ0v) is 10.4. The number of nitrogens with one attached hydrogen (secondary N) is 1. The number of hydrazine groups is 1. The Balaban J connectivity index is 2.25. The van der Waals surface area contributed by atoms with E-state index < -0.39 is 0 Å². The smallest absolute Gasteiger partial charge is 0.148 e. The van der Waals surface area contributed by atoms with Crippen molar-refractivity contribution < 1.29 is 0 Å². The second-order valence-corrected chi connectivity index (χ2v) is 5.49. The van der Waals surface area contributed by atoms with Gasteiger partial charge >= 0.3 is 0 Å². The van der Waals surface area contributed by atoms with Gasteiger partial charge in [0.2, 0.25) is 0 Å². The largest absolute Gasteiger partial charge is 0.354 e. The second kappa shape index (κ2) is 4.88. The average Bonchev–Trinajstić information content (AvgIpc) is 2.29. The van der Waals surface area contributed by atoms with Crippen LogP contribution in [0.2, 0.25) is 0 Å². The molecule has 3 N–H and O–H groups in total. The molecule has 0 aliphatic carbocycles. The van der Waals surface area contributed by atoms with Gasteiger partial charge in [0.1, 0.15) is 18.0 Å². The highest BCUT2D eigenvalue weighted by molar-refractivity contribution is 8.00. The third-order valence-electron chi connectivity index (χ3n) is 2.73. The van der Waals surface area contributed by atoms with E-state index in [0.29, 0.717) is 11.1 Å². The van der Waals surface area contributed by atoms with E-state index in [0.717, 1.165) is 30.2 Å². The van der Waals surface area contributed by atoms with Gasteiger partial charge in [-0.05, 0) is 6.92 Å². The normalized spacial score (nSPS) is 20.9. The zero-order valence-electron chi connectivity index (χ0n) is 9.60. The van der Waals surface area contributed by atoms with Gasteiger partial charge in [-0.3, -0.25) is 0 Å². The maximum absolute atomic E-state index is 5.41. The summed E-state index contributed by atoms with van der Waals surface area (Å²) in [6.07, 6.45) is 1.56. The molecule has 1 aliphatic heterocycles.